The molecule has 0 radical (unpaired) electrons. The van der Waals surface area contributed by atoms with Crippen LogP contribution in [0, 0.1) is 5.82 Å². The zero-order valence-corrected chi connectivity index (χ0v) is 11.8. The summed E-state index contributed by atoms with van der Waals surface area (Å²) in [5.74, 6) is 0.235. The minimum absolute atomic E-state index is 0.241. The molecule has 5 nitrogen and oxygen atoms in total. The summed E-state index contributed by atoms with van der Waals surface area (Å²) in [6, 6.07) is 4.99. The highest BCUT2D eigenvalue weighted by atomic mass is 79.9. The lowest BCUT2D eigenvalue weighted by molar-refractivity contribution is 0.556. The van der Waals surface area contributed by atoms with E-state index in [1.807, 2.05) is 6.07 Å². The Bertz CT molecular complexity index is 533. The number of nitrogens with two attached hydrogens (primary N) is 1. The zero-order valence-electron chi connectivity index (χ0n) is 9.38. The third-order valence-electron chi connectivity index (χ3n) is 2.21. The normalized spacial score (nSPS) is 10.8. The largest absolute Gasteiger partial charge is 0.329 e. The molecule has 0 fully saturated rings. The Morgan fingerprint density at radius 1 is 1.44 bits per heavy atom. The first kappa shape index (κ1) is 13.4. The molecule has 2 aromatic rings. The van der Waals surface area contributed by atoms with Crippen molar-refractivity contribution in [3.8, 4) is 0 Å². The van der Waals surface area contributed by atoms with Gasteiger partial charge in [0.15, 0.2) is 0 Å². The van der Waals surface area contributed by atoms with E-state index in [1.54, 1.807) is 10.7 Å². The summed E-state index contributed by atoms with van der Waals surface area (Å²) in [7, 11) is 0. The van der Waals surface area contributed by atoms with Gasteiger partial charge in [-0.1, -0.05) is 33.8 Å². The minimum Gasteiger partial charge on any atom is -0.329 e. The highest BCUT2D eigenvalue weighted by Crippen LogP contribution is 2.23. The topological polar surface area (TPSA) is 69.6 Å². The molecule has 96 valence electrons. The molecular formula is C10H11BrFN5S. The van der Waals surface area contributed by atoms with Crippen molar-refractivity contribution in [2.75, 3.05) is 6.54 Å². The third-order valence-corrected chi connectivity index (χ3v) is 3.71. The van der Waals surface area contributed by atoms with Crippen molar-refractivity contribution in [1.29, 1.82) is 0 Å². The molecule has 0 aliphatic heterocycles. The summed E-state index contributed by atoms with van der Waals surface area (Å²) >= 11 is 4.60. The smallest absolute Gasteiger partial charge is 0.209 e. The van der Waals surface area contributed by atoms with E-state index < -0.39 is 0 Å². The number of hydrogen-bond donors (Lipinski definition) is 1. The second-order valence-corrected chi connectivity index (χ2v) is 5.36. The molecule has 0 amide bonds. The highest BCUT2D eigenvalue weighted by Gasteiger charge is 2.09. The van der Waals surface area contributed by atoms with Crippen molar-refractivity contribution < 1.29 is 4.39 Å². The fourth-order valence-corrected chi connectivity index (χ4v) is 2.57. The van der Waals surface area contributed by atoms with Crippen LogP contribution in [0.15, 0.2) is 27.8 Å². The maximum atomic E-state index is 13.6. The molecule has 18 heavy (non-hydrogen) atoms. The molecule has 0 spiro atoms. The van der Waals surface area contributed by atoms with Gasteiger partial charge in [-0.05, 0) is 28.1 Å². The van der Waals surface area contributed by atoms with Gasteiger partial charge in [0, 0.05) is 16.8 Å². The van der Waals surface area contributed by atoms with Gasteiger partial charge in [0.1, 0.15) is 5.82 Å². The first-order valence-corrected chi connectivity index (χ1v) is 7.01. The molecule has 1 heterocycles. The Hall–Kier alpha value is -0.990. The van der Waals surface area contributed by atoms with Crippen molar-refractivity contribution in [2.45, 2.75) is 17.5 Å². The lowest BCUT2D eigenvalue weighted by Gasteiger charge is -2.04. The minimum atomic E-state index is -0.241. The number of rotatable bonds is 5. The fourth-order valence-electron chi connectivity index (χ4n) is 1.34. The predicted octanol–water partition coefficient (Wildman–Crippen LogP) is 1.83. The van der Waals surface area contributed by atoms with Crippen LogP contribution in [0.2, 0.25) is 0 Å². The molecule has 0 saturated heterocycles. The number of tetrazole rings is 1. The third kappa shape index (κ3) is 3.27. The summed E-state index contributed by atoms with van der Waals surface area (Å²) in [4.78, 5) is 0. The van der Waals surface area contributed by atoms with Crippen LogP contribution >= 0.6 is 27.7 Å². The zero-order chi connectivity index (χ0) is 13.0. The summed E-state index contributed by atoms with van der Waals surface area (Å²) < 4.78 is 15.9. The first-order valence-electron chi connectivity index (χ1n) is 5.23. The van der Waals surface area contributed by atoms with E-state index in [2.05, 4.69) is 31.5 Å². The molecule has 0 aliphatic rings. The van der Waals surface area contributed by atoms with E-state index >= 15 is 0 Å². The standard InChI is InChI=1S/C10H11BrFN5S/c11-8-2-1-7(9(12)5-8)6-18-10-14-15-16-17(10)4-3-13/h1-2,5H,3-4,6,13H2. The van der Waals surface area contributed by atoms with Gasteiger partial charge in [-0.15, -0.1) is 5.10 Å². The highest BCUT2D eigenvalue weighted by molar-refractivity contribution is 9.10. The number of halogens is 2. The van der Waals surface area contributed by atoms with E-state index in [0.29, 0.717) is 29.6 Å². The summed E-state index contributed by atoms with van der Waals surface area (Å²) in [5.41, 5.74) is 6.06. The maximum Gasteiger partial charge on any atom is 0.209 e. The Balaban J connectivity index is 2.04. The maximum absolute atomic E-state index is 13.6. The van der Waals surface area contributed by atoms with Crippen molar-refractivity contribution in [3.05, 3.63) is 34.1 Å². The number of hydrogen-bond acceptors (Lipinski definition) is 5. The van der Waals surface area contributed by atoms with Crippen molar-refractivity contribution in [3.63, 3.8) is 0 Å². The van der Waals surface area contributed by atoms with Crippen LogP contribution in [0.1, 0.15) is 5.56 Å². The van der Waals surface area contributed by atoms with Crippen LogP contribution in [0.4, 0.5) is 4.39 Å². The second kappa shape index (κ2) is 6.26. The van der Waals surface area contributed by atoms with Crippen LogP contribution in [0.25, 0.3) is 0 Å². The van der Waals surface area contributed by atoms with Gasteiger partial charge in [-0.3, -0.25) is 0 Å². The molecule has 0 aliphatic carbocycles. The van der Waals surface area contributed by atoms with Gasteiger partial charge in [0.25, 0.3) is 0 Å². The molecule has 0 saturated carbocycles. The summed E-state index contributed by atoms with van der Waals surface area (Å²) in [5, 5.41) is 11.9. The van der Waals surface area contributed by atoms with Gasteiger partial charge in [0.05, 0.1) is 6.54 Å². The number of aromatic nitrogens is 4. The molecule has 2 rings (SSSR count). The van der Waals surface area contributed by atoms with Crippen LogP contribution in [-0.4, -0.2) is 26.8 Å². The van der Waals surface area contributed by atoms with E-state index in [0.717, 1.165) is 4.47 Å². The SMILES string of the molecule is NCCn1nnnc1SCc1ccc(Br)cc1F. The molecule has 0 atom stereocenters. The summed E-state index contributed by atoms with van der Waals surface area (Å²) in [6.07, 6.45) is 0. The van der Waals surface area contributed by atoms with E-state index in [1.165, 1.54) is 17.8 Å². The van der Waals surface area contributed by atoms with Gasteiger partial charge in [-0.2, -0.15) is 0 Å². The van der Waals surface area contributed by atoms with Gasteiger partial charge < -0.3 is 5.73 Å². The Labute approximate surface area is 116 Å². The molecule has 2 N–H and O–H groups in total. The number of thioether (sulfide) groups is 1. The lowest BCUT2D eigenvalue weighted by atomic mass is 10.2. The van der Waals surface area contributed by atoms with Crippen LogP contribution in [-0.2, 0) is 12.3 Å². The molecule has 8 heteroatoms. The van der Waals surface area contributed by atoms with Crippen LogP contribution in [0.5, 0.6) is 0 Å². The van der Waals surface area contributed by atoms with E-state index in [9.17, 15) is 4.39 Å². The van der Waals surface area contributed by atoms with Crippen LogP contribution < -0.4 is 5.73 Å². The number of nitrogens with zero attached hydrogens (tertiary/aromatic N) is 4. The fraction of sp³-hybridized carbons (Fsp3) is 0.300. The molecule has 1 aromatic heterocycles. The van der Waals surface area contributed by atoms with E-state index in [4.69, 9.17) is 5.73 Å². The van der Waals surface area contributed by atoms with Crippen molar-refractivity contribution in [2.24, 2.45) is 5.73 Å². The quantitative estimate of drug-likeness (QED) is 0.846. The molecule has 1 aromatic carbocycles. The van der Waals surface area contributed by atoms with Gasteiger partial charge in [-0.25, -0.2) is 9.07 Å². The van der Waals surface area contributed by atoms with E-state index in [-0.39, 0.29) is 5.82 Å². The predicted molar refractivity (Wildman–Crippen MR) is 70.5 cm³/mol. The van der Waals surface area contributed by atoms with Crippen LogP contribution in [0.3, 0.4) is 0 Å². The Morgan fingerprint density at radius 2 is 2.28 bits per heavy atom. The Morgan fingerprint density at radius 3 is 3.00 bits per heavy atom. The second-order valence-electron chi connectivity index (χ2n) is 3.50. The Kier molecular flexibility index (Phi) is 4.67. The average molecular weight is 332 g/mol. The molecule has 0 bridgehead atoms. The first-order chi connectivity index (χ1) is 8.70. The molecule has 0 unspecified atom stereocenters. The number of benzene rings is 1. The monoisotopic (exact) mass is 331 g/mol. The summed E-state index contributed by atoms with van der Waals surface area (Å²) in [6.45, 7) is 1.02. The van der Waals surface area contributed by atoms with Gasteiger partial charge >= 0.3 is 0 Å². The molecular weight excluding hydrogens is 321 g/mol. The van der Waals surface area contributed by atoms with Crippen molar-refractivity contribution >= 4 is 27.7 Å². The lowest BCUT2D eigenvalue weighted by Crippen LogP contribution is -2.12. The average Bonchev–Trinajstić information content (AvgIpc) is 2.76. The van der Waals surface area contributed by atoms with Gasteiger partial charge in [0.2, 0.25) is 5.16 Å². The van der Waals surface area contributed by atoms with Crippen molar-refractivity contribution in [1.82, 2.24) is 20.2 Å².